The minimum Gasteiger partial charge on any atom is -0.463 e. The Kier molecular flexibility index (Phi) is 5.37. The van der Waals surface area contributed by atoms with Crippen molar-refractivity contribution in [2.45, 2.75) is 13.0 Å². The fourth-order valence-electron chi connectivity index (χ4n) is 3.70. The molecule has 1 unspecified atom stereocenters. The van der Waals surface area contributed by atoms with Gasteiger partial charge in [0.15, 0.2) is 11.4 Å². The third-order valence-electron chi connectivity index (χ3n) is 5.04. The standard InChI is InChI=1S/C23H25N5O2/c1-15-21-17(13-18(20-11-8-12-30-20)24-22(21)28(4)26-15)23(29)25-19(14-27(2)3)16-9-6-5-7-10-16/h5-13,19H,14H2,1-4H3,(H,25,29). The van der Waals surface area contributed by atoms with Gasteiger partial charge >= 0.3 is 0 Å². The zero-order valence-electron chi connectivity index (χ0n) is 17.6. The first-order chi connectivity index (χ1) is 14.4. The molecule has 30 heavy (non-hydrogen) atoms. The van der Waals surface area contributed by atoms with Crippen LogP contribution in [-0.2, 0) is 7.05 Å². The first kappa shape index (κ1) is 19.8. The van der Waals surface area contributed by atoms with E-state index in [1.807, 2.05) is 64.5 Å². The number of rotatable bonds is 6. The maximum absolute atomic E-state index is 13.5. The SMILES string of the molecule is Cc1nn(C)c2nc(-c3ccco3)cc(C(=O)NC(CN(C)C)c3ccccc3)c12. The van der Waals surface area contributed by atoms with Gasteiger partial charge in [0.05, 0.1) is 28.9 Å². The Morgan fingerprint density at radius 3 is 2.63 bits per heavy atom. The van der Waals surface area contributed by atoms with Crippen LogP contribution in [0.1, 0.15) is 27.7 Å². The predicted octanol–water partition coefficient (Wildman–Crippen LogP) is 3.57. The second kappa shape index (κ2) is 8.12. The number of furan rings is 1. The Hall–Kier alpha value is -3.45. The zero-order chi connectivity index (χ0) is 21.3. The van der Waals surface area contributed by atoms with Crippen LogP contribution < -0.4 is 5.32 Å². The van der Waals surface area contributed by atoms with E-state index in [0.717, 1.165) is 16.6 Å². The molecule has 0 aliphatic carbocycles. The Labute approximate surface area is 175 Å². The van der Waals surface area contributed by atoms with Crippen molar-refractivity contribution in [2.24, 2.45) is 7.05 Å². The van der Waals surface area contributed by atoms with E-state index in [-0.39, 0.29) is 11.9 Å². The largest absolute Gasteiger partial charge is 0.463 e. The molecule has 0 bridgehead atoms. The monoisotopic (exact) mass is 403 g/mol. The van der Waals surface area contributed by atoms with E-state index < -0.39 is 0 Å². The smallest absolute Gasteiger partial charge is 0.252 e. The zero-order valence-corrected chi connectivity index (χ0v) is 17.6. The Bertz CT molecular complexity index is 1160. The summed E-state index contributed by atoms with van der Waals surface area (Å²) in [5, 5.41) is 8.43. The van der Waals surface area contributed by atoms with Crippen molar-refractivity contribution in [2.75, 3.05) is 20.6 Å². The van der Waals surface area contributed by atoms with Crippen LogP contribution >= 0.6 is 0 Å². The number of hydrogen-bond acceptors (Lipinski definition) is 5. The molecule has 7 nitrogen and oxygen atoms in total. The molecular formula is C23H25N5O2. The summed E-state index contributed by atoms with van der Waals surface area (Å²) in [6, 6.07) is 15.3. The lowest BCUT2D eigenvalue weighted by Gasteiger charge is -2.23. The molecule has 0 spiro atoms. The van der Waals surface area contributed by atoms with Crippen LogP contribution in [0, 0.1) is 6.92 Å². The first-order valence-corrected chi connectivity index (χ1v) is 9.83. The second-order valence-electron chi connectivity index (χ2n) is 7.64. The van der Waals surface area contributed by atoms with Gasteiger partial charge < -0.3 is 14.6 Å². The normalized spacial score (nSPS) is 12.4. The summed E-state index contributed by atoms with van der Waals surface area (Å²) in [7, 11) is 5.81. The Morgan fingerprint density at radius 2 is 1.97 bits per heavy atom. The van der Waals surface area contributed by atoms with E-state index >= 15 is 0 Å². The van der Waals surface area contributed by atoms with Crippen molar-refractivity contribution in [1.29, 1.82) is 0 Å². The van der Waals surface area contributed by atoms with Crippen LogP contribution in [0.3, 0.4) is 0 Å². The molecule has 3 heterocycles. The quantitative estimate of drug-likeness (QED) is 0.533. The van der Waals surface area contributed by atoms with Gasteiger partial charge in [-0.05, 0) is 44.8 Å². The number of benzene rings is 1. The van der Waals surface area contributed by atoms with Crippen molar-refractivity contribution in [3.05, 3.63) is 71.6 Å². The van der Waals surface area contributed by atoms with Gasteiger partial charge in [-0.25, -0.2) is 4.98 Å². The van der Waals surface area contributed by atoms with Crippen molar-refractivity contribution in [3.63, 3.8) is 0 Å². The van der Waals surface area contributed by atoms with Crippen LogP contribution in [-0.4, -0.2) is 46.2 Å². The van der Waals surface area contributed by atoms with Gasteiger partial charge in [-0.1, -0.05) is 30.3 Å². The third kappa shape index (κ3) is 3.84. The average molecular weight is 403 g/mol. The number of carbonyl (C=O) groups excluding carboxylic acids is 1. The van der Waals surface area contributed by atoms with Gasteiger partial charge in [-0.3, -0.25) is 9.48 Å². The van der Waals surface area contributed by atoms with Crippen molar-refractivity contribution in [3.8, 4) is 11.5 Å². The topological polar surface area (TPSA) is 76.2 Å². The van der Waals surface area contributed by atoms with Gasteiger partial charge in [0.2, 0.25) is 0 Å². The van der Waals surface area contributed by atoms with Crippen LogP contribution in [0.25, 0.3) is 22.5 Å². The van der Waals surface area contributed by atoms with Crippen molar-refractivity contribution >= 4 is 16.9 Å². The van der Waals surface area contributed by atoms with Gasteiger partial charge in [-0.15, -0.1) is 0 Å². The highest BCUT2D eigenvalue weighted by atomic mass is 16.3. The summed E-state index contributed by atoms with van der Waals surface area (Å²) < 4.78 is 7.22. The molecule has 0 radical (unpaired) electrons. The number of aromatic nitrogens is 3. The summed E-state index contributed by atoms with van der Waals surface area (Å²) in [5.74, 6) is 0.444. The molecule has 3 aromatic heterocycles. The van der Waals surface area contributed by atoms with Crippen LogP contribution in [0.4, 0.5) is 0 Å². The molecule has 1 N–H and O–H groups in total. The molecule has 0 fully saturated rings. The Balaban J connectivity index is 1.78. The van der Waals surface area contributed by atoms with E-state index in [4.69, 9.17) is 4.42 Å². The molecule has 7 heteroatoms. The van der Waals surface area contributed by atoms with Crippen LogP contribution in [0.5, 0.6) is 0 Å². The lowest BCUT2D eigenvalue weighted by molar-refractivity contribution is 0.0931. The molecule has 4 aromatic rings. The van der Waals surface area contributed by atoms with E-state index in [2.05, 4.69) is 20.3 Å². The van der Waals surface area contributed by atoms with E-state index in [0.29, 0.717) is 29.2 Å². The highest BCUT2D eigenvalue weighted by Crippen LogP contribution is 2.27. The second-order valence-corrected chi connectivity index (χ2v) is 7.64. The Morgan fingerprint density at radius 1 is 1.20 bits per heavy atom. The number of nitrogens with zero attached hydrogens (tertiary/aromatic N) is 4. The average Bonchev–Trinajstić information content (AvgIpc) is 3.36. The fraction of sp³-hybridized carbons (Fsp3) is 0.261. The molecule has 0 saturated heterocycles. The minimum atomic E-state index is -0.165. The maximum atomic E-state index is 13.5. The van der Waals surface area contributed by atoms with Gasteiger partial charge in [0.25, 0.3) is 5.91 Å². The number of pyridine rings is 1. The molecule has 1 amide bonds. The molecule has 4 rings (SSSR count). The molecule has 1 atom stereocenters. The number of likely N-dealkylation sites (N-methyl/N-ethyl adjacent to an activating group) is 1. The number of carbonyl (C=O) groups is 1. The van der Waals surface area contributed by atoms with Crippen molar-refractivity contribution in [1.82, 2.24) is 25.0 Å². The van der Waals surface area contributed by atoms with Gasteiger partial charge in [-0.2, -0.15) is 5.10 Å². The predicted molar refractivity (Wildman–Crippen MR) is 116 cm³/mol. The highest BCUT2D eigenvalue weighted by molar-refractivity contribution is 6.07. The minimum absolute atomic E-state index is 0.152. The molecule has 1 aromatic carbocycles. The van der Waals surface area contributed by atoms with E-state index in [1.54, 1.807) is 23.1 Å². The fourth-order valence-corrected chi connectivity index (χ4v) is 3.70. The van der Waals surface area contributed by atoms with E-state index in [1.165, 1.54) is 0 Å². The lowest BCUT2D eigenvalue weighted by atomic mass is 10.0. The number of fused-ring (bicyclic) bond motifs is 1. The van der Waals surface area contributed by atoms with Crippen LogP contribution in [0.15, 0.2) is 59.2 Å². The number of aryl methyl sites for hydroxylation is 2. The van der Waals surface area contributed by atoms with E-state index in [9.17, 15) is 4.79 Å². The summed E-state index contributed by atoms with van der Waals surface area (Å²) in [6.45, 7) is 2.57. The third-order valence-corrected chi connectivity index (χ3v) is 5.04. The summed E-state index contributed by atoms with van der Waals surface area (Å²) in [5.41, 5.74) is 3.61. The summed E-state index contributed by atoms with van der Waals surface area (Å²) in [6.07, 6.45) is 1.60. The maximum Gasteiger partial charge on any atom is 0.252 e. The molecule has 0 aliphatic heterocycles. The first-order valence-electron chi connectivity index (χ1n) is 9.83. The van der Waals surface area contributed by atoms with Gasteiger partial charge in [0.1, 0.15) is 5.69 Å². The number of amides is 1. The number of hydrogen-bond donors (Lipinski definition) is 1. The molecule has 0 aliphatic rings. The number of nitrogens with one attached hydrogen (secondary N) is 1. The molecular weight excluding hydrogens is 378 g/mol. The summed E-state index contributed by atoms with van der Waals surface area (Å²) in [4.78, 5) is 20.2. The molecule has 154 valence electrons. The van der Waals surface area contributed by atoms with Crippen molar-refractivity contribution < 1.29 is 9.21 Å². The van der Waals surface area contributed by atoms with Crippen LogP contribution in [0.2, 0.25) is 0 Å². The molecule has 0 saturated carbocycles. The van der Waals surface area contributed by atoms with Gasteiger partial charge in [0, 0.05) is 13.6 Å². The summed E-state index contributed by atoms with van der Waals surface area (Å²) >= 11 is 0. The highest BCUT2D eigenvalue weighted by Gasteiger charge is 2.23. The lowest BCUT2D eigenvalue weighted by Crippen LogP contribution is -2.35.